The predicted molar refractivity (Wildman–Crippen MR) is 134 cm³/mol. The molecule has 1 aliphatic heterocycles. The number of nitrogens with one attached hydrogen (secondary N) is 1. The van der Waals surface area contributed by atoms with Gasteiger partial charge in [-0.1, -0.05) is 24.3 Å². The van der Waals surface area contributed by atoms with Crippen molar-refractivity contribution in [2.45, 2.75) is 51.2 Å². The molecule has 4 rings (SSSR count). The van der Waals surface area contributed by atoms with Gasteiger partial charge in [0.25, 0.3) is 5.91 Å². The number of β-amino-alcohol motifs (C(OH)–C–C–N with tert-alkyl or cyclic N) is 1. The third-order valence-electron chi connectivity index (χ3n) is 7.27. The van der Waals surface area contributed by atoms with Gasteiger partial charge < -0.3 is 15.3 Å². The first-order valence-electron chi connectivity index (χ1n) is 12.7. The summed E-state index contributed by atoms with van der Waals surface area (Å²) in [6.07, 6.45) is 6.34. The average molecular weight is 480 g/mol. The van der Waals surface area contributed by atoms with E-state index >= 15 is 0 Å². The lowest BCUT2D eigenvalue weighted by atomic mass is 9.79. The third-order valence-corrected chi connectivity index (χ3v) is 7.27. The second-order valence-electron chi connectivity index (χ2n) is 10.2. The second kappa shape index (κ2) is 11.7. The summed E-state index contributed by atoms with van der Waals surface area (Å²) in [5.41, 5.74) is 3.85. The summed E-state index contributed by atoms with van der Waals surface area (Å²) in [6, 6.07) is 10.2. The van der Waals surface area contributed by atoms with Gasteiger partial charge in [0.15, 0.2) is 0 Å². The minimum atomic E-state index is -0.648. The Labute approximate surface area is 207 Å². The zero-order valence-electron chi connectivity index (χ0n) is 20.8. The van der Waals surface area contributed by atoms with E-state index in [2.05, 4.69) is 38.4 Å². The molecule has 8 heteroatoms. The minimum absolute atomic E-state index is 0.124. The average Bonchev–Trinajstić information content (AvgIpc) is 2.87. The van der Waals surface area contributed by atoms with Gasteiger partial charge in [-0.15, -0.1) is 0 Å². The Bertz CT molecular complexity index is 1020. The molecular formula is C27H37N5O3. The number of rotatable bonds is 8. The highest BCUT2D eigenvalue weighted by Gasteiger charge is 2.27. The fourth-order valence-corrected chi connectivity index (χ4v) is 5.28. The highest BCUT2D eigenvalue weighted by Crippen LogP contribution is 2.31. The van der Waals surface area contributed by atoms with Crippen LogP contribution in [-0.2, 0) is 24.2 Å². The van der Waals surface area contributed by atoms with E-state index in [-0.39, 0.29) is 24.3 Å². The number of aromatic nitrogens is 2. The Kier molecular flexibility index (Phi) is 8.46. The van der Waals surface area contributed by atoms with Crippen molar-refractivity contribution in [2.24, 2.45) is 11.8 Å². The van der Waals surface area contributed by atoms with Gasteiger partial charge in [-0.2, -0.15) is 0 Å². The number of benzene rings is 1. The number of fused-ring (bicyclic) bond motifs is 1. The smallest absolute Gasteiger partial charge is 0.270 e. The SMILES string of the molecule is CN(C)C(=O)C1CCC(Cc2cc(C(=O)NC[C@H](O)CN3CCc4ccccc4C3)ncn2)CC1. The summed E-state index contributed by atoms with van der Waals surface area (Å²) >= 11 is 0. The van der Waals surface area contributed by atoms with Crippen molar-refractivity contribution in [1.82, 2.24) is 25.1 Å². The number of aliphatic hydroxyl groups excluding tert-OH is 1. The van der Waals surface area contributed by atoms with Crippen molar-refractivity contribution in [3.63, 3.8) is 0 Å². The van der Waals surface area contributed by atoms with Gasteiger partial charge in [-0.3, -0.25) is 14.5 Å². The lowest BCUT2D eigenvalue weighted by molar-refractivity contribution is -0.134. The molecule has 0 spiro atoms. The number of nitrogens with zero attached hydrogens (tertiary/aromatic N) is 4. The molecular weight excluding hydrogens is 442 g/mol. The number of aliphatic hydroxyl groups is 1. The molecule has 1 atom stereocenters. The summed E-state index contributed by atoms with van der Waals surface area (Å²) in [6.45, 7) is 2.42. The van der Waals surface area contributed by atoms with Crippen molar-refractivity contribution >= 4 is 11.8 Å². The molecule has 2 amide bonds. The Balaban J connectivity index is 1.22. The Hall–Kier alpha value is -2.84. The van der Waals surface area contributed by atoms with E-state index in [1.54, 1.807) is 11.0 Å². The summed E-state index contributed by atoms with van der Waals surface area (Å²) in [4.78, 5) is 37.3. The summed E-state index contributed by atoms with van der Waals surface area (Å²) in [5, 5.41) is 13.3. The standard InChI is InChI=1S/C27H37N5O3/c1-31(2)27(35)21-9-7-19(8-10-21)13-23-14-25(30-18-29-23)26(34)28-15-24(33)17-32-12-11-20-5-3-4-6-22(20)16-32/h3-6,14,18-19,21,24,33H,7-13,15-17H2,1-2H3,(H,28,34)/t19?,21?,24-/m0/s1. The summed E-state index contributed by atoms with van der Waals surface area (Å²) in [7, 11) is 3.63. The van der Waals surface area contributed by atoms with Gasteiger partial charge in [-0.25, -0.2) is 9.97 Å². The van der Waals surface area contributed by atoms with Gasteiger partial charge in [0.05, 0.1) is 6.10 Å². The molecule has 2 N–H and O–H groups in total. The van der Waals surface area contributed by atoms with E-state index in [1.165, 1.54) is 17.5 Å². The number of hydrogen-bond acceptors (Lipinski definition) is 6. The highest BCUT2D eigenvalue weighted by molar-refractivity contribution is 5.92. The van der Waals surface area contributed by atoms with E-state index in [9.17, 15) is 14.7 Å². The van der Waals surface area contributed by atoms with Gasteiger partial charge in [-0.05, 0) is 61.6 Å². The molecule has 1 fully saturated rings. The van der Waals surface area contributed by atoms with E-state index in [4.69, 9.17) is 0 Å². The molecule has 2 aliphatic rings. The molecule has 1 aliphatic carbocycles. The maximum Gasteiger partial charge on any atom is 0.270 e. The molecule has 0 unspecified atom stereocenters. The van der Waals surface area contributed by atoms with E-state index in [0.29, 0.717) is 18.2 Å². The molecule has 1 saturated carbocycles. The van der Waals surface area contributed by atoms with Crippen LogP contribution in [0, 0.1) is 11.8 Å². The molecule has 0 saturated heterocycles. The minimum Gasteiger partial charge on any atom is -0.390 e. The van der Waals surface area contributed by atoms with Crippen LogP contribution in [0.5, 0.6) is 0 Å². The molecule has 35 heavy (non-hydrogen) atoms. The molecule has 2 aromatic rings. The van der Waals surface area contributed by atoms with Crippen LogP contribution in [0.3, 0.4) is 0 Å². The molecule has 1 aromatic heterocycles. The lowest BCUT2D eigenvalue weighted by Crippen LogP contribution is -2.42. The van der Waals surface area contributed by atoms with Crippen LogP contribution in [0.2, 0.25) is 0 Å². The lowest BCUT2D eigenvalue weighted by Gasteiger charge is -2.30. The molecule has 2 heterocycles. The number of carbonyl (C=O) groups excluding carboxylic acids is 2. The summed E-state index contributed by atoms with van der Waals surface area (Å²) < 4.78 is 0. The first kappa shape index (κ1) is 25.3. The van der Waals surface area contributed by atoms with Crippen molar-refractivity contribution in [3.05, 3.63) is 59.2 Å². The number of carbonyl (C=O) groups is 2. The largest absolute Gasteiger partial charge is 0.390 e. The van der Waals surface area contributed by atoms with Crippen LogP contribution in [0.4, 0.5) is 0 Å². The fourth-order valence-electron chi connectivity index (χ4n) is 5.28. The normalized spacial score (nSPS) is 21.1. The maximum atomic E-state index is 12.7. The van der Waals surface area contributed by atoms with Gasteiger partial charge in [0, 0.05) is 51.9 Å². The van der Waals surface area contributed by atoms with E-state index < -0.39 is 6.10 Å². The Morgan fingerprint density at radius 2 is 1.89 bits per heavy atom. The molecule has 188 valence electrons. The first-order chi connectivity index (χ1) is 16.9. The van der Waals surface area contributed by atoms with Crippen LogP contribution in [0.25, 0.3) is 0 Å². The number of amides is 2. The van der Waals surface area contributed by atoms with E-state index in [0.717, 1.165) is 57.3 Å². The molecule has 0 bridgehead atoms. The first-order valence-corrected chi connectivity index (χ1v) is 12.7. The van der Waals surface area contributed by atoms with Crippen molar-refractivity contribution in [1.29, 1.82) is 0 Å². The zero-order valence-corrected chi connectivity index (χ0v) is 20.8. The highest BCUT2D eigenvalue weighted by atomic mass is 16.3. The van der Waals surface area contributed by atoms with E-state index in [1.807, 2.05) is 20.2 Å². The van der Waals surface area contributed by atoms with Crippen molar-refractivity contribution in [3.8, 4) is 0 Å². The Morgan fingerprint density at radius 3 is 2.63 bits per heavy atom. The number of hydrogen-bond donors (Lipinski definition) is 2. The van der Waals surface area contributed by atoms with Gasteiger partial charge in [0.1, 0.15) is 12.0 Å². The predicted octanol–water partition coefficient (Wildman–Crippen LogP) is 2.06. The maximum absolute atomic E-state index is 12.7. The Morgan fingerprint density at radius 1 is 1.14 bits per heavy atom. The summed E-state index contributed by atoms with van der Waals surface area (Å²) in [5.74, 6) is 0.510. The van der Waals surface area contributed by atoms with Crippen LogP contribution < -0.4 is 5.32 Å². The molecule has 1 aromatic carbocycles. The monoisotopic (exact) mass is 479 g/mol. The fraction of sp³-hybridized carbons (Fsp3) is 0.556. The topological polar surface area (TPSA) is 98.7 Å². The van der Waals surface area contributed by atoms with Crippen LogP contribution in [-0.4, -0.2) is 76.5 Å². The molecule has 8 nitrogen and oxygen atoms in total. The quantitative estimate of drug-likeness (QED) is 0.602. The third kappa shape index (κ3) is 6.86. The van der Waals surface area contributed by atoms with Crippen LogP contribution in [0.1, 0.15) is 53.0 Å². The van der Waals surface area contributed by atoms with Gasteiger partial charge in [0.2, 0.25) is 5.91 Å². The second-order valence-corrected chi connectivity index (χ2v) is 10.2. The van der Waals surface area contributed by atoms with Crippen LogP contribution in [0.15, 0.2) is 36.7 Å². The zero-order chi connectivity index (χ0) is 24.8. The van der Waals surface area contributed by atoms with Crippen molar-refractivity contribution < 1.29 is 14.7 Å². The van der Waals surface area contributed by atoms with Crippen LogP contribution >= 0.6 is 0 Å². The van der Waals surface area contributed by atoms with Gasteiger partial charge >= 0.3 is 0 Å². The molecule has 0 radical (unpaired) electrons. The van der Waals surface area contributed by atoms with Crippen molar-refractivity contribution in [2.75, 3.05) is 33.7 Å².